The van der Waals surface area contributed by atoms with E-state index in [4.69, 9.17) is 0 Å². The van der Waals surface area contributed by atoms with Crippen molar-refractivity contribution in [1.82, 2.24) is 10.3 Å². The average molecular weight is 286 g/mol. The number of aromatic nitrogens is 1. The smallest absolute Gasteiger partial charge is 0.0928 e. The normalized spacial score (nSPS) is 16.2. The summed E-state index contributed by atoms with van der Waals surface area (Å²) >= 11 is 1.78. The monoisotopic (exact) mass is 286 g/mol. The van der Waals surface area contributed by atoms with E-state index in [2.05, 4.69) is 46.9 Å². The second-order valence-electron chi connectivity index (χ2n) is 5.87. The van der Waals surface area contributed by atoms with Gasteiger partial charge in [0, 0.05) is 24.0 Å². The molecule has 1 atom stereocenters. The van der Waals surface area contributed by atoms with Crippen molar-refractivity contribution >= 4 is 11.3 Å². The minimum Gasteiger partial charge on any atom is -0.314 e. The van der Waals surface area contributed by atoms with Gasteiger partial charge in [-0.15, -0.1) is 11.3 Å². The first-order valence-corrected chi connectivity index (χ1v) is 8.35. The molecule has 20 heavy (non-hydrogen) atoms. The number of rotatable bonds is 7. The average Bonchev–Trinajstić information content (AvgIpc) is 3.12. The molecule has 1 aliphatic carbocycles. The van der Waals surface area contributed by atoms with Crippen LogP contribution in [0.1, 0.15) is 29.0 Å². The Morgan fingerprint density at radius 1 is 1.35 bits per heavy atom. The molecule has 1 fully saturated rings. The number of thiazole rings is 1. The zero-order chi connectivity index (χ0) is 13.8. The van der Waals surface area contributed by atoms with E-state index in [0.717, 1.165) is 25.4 Å². The lowest BCUT2D eigenvalue weighted by atomic mass is 9.95. The van der Waals surface area contributed by atoms with Crippen LogP contribution in [-0.4, -0.2) is 17.6 Å². The molecule has 3 rings (SSSR count). The van der Waals surface area contributed by atoms with E-state index >= 15 is 0 Å². The Kier molecular flexibility index (Phi) is 4.48. The van der Waals surface area contributed by atoms with Crippen LogP contribution >= 0.6 is 11.3 Å². The predicted molar refractivity (Wildman–Crippen MR) is 85.2 cm³/mol. The third-order valence-corrected chi connectivity index (χ3v) is 4.63. The van der Waals surface area contributed by atoms with E-state index in [-0.39, 0.29) is 0 Å². The molecule has 0 amide bonds. The van der Waals surface area contributed by atoms with Gasteiger partial charge in [0.2, 0.25) is 0 Å². The summed E-state index contributed by atoms with van der Waals surface area (Å²) in [5, 5.41) is 7.02. The van der Waals surface area contributed by atoms with Gasteiger partial charge >= 0.3 is 0 Å². The maximum Gasteiger partial charge on any atom is 0.0928 e. The highest BCUT2D eigenvalue weighted by Gasteiger charge is 2.22. The number of aryl methyl sites for hydroxylation is 1. The highest BCUT2D eigenvalue weighted by Crippen LogP contribution is 2.21. The Morgan fingerprint density at radius 3 is 2.95 bits per heavy atom. The molecule has 1 heterocycles. The van der Waals surface area contributed by atoms with E-state index in [9.17, 15) is 0 Å². The summed E-state index contributed by atoms with van der Waals surface area (Å²) in [7, 11) is 0. The largest absolute Gasteiger partial charge is 0.314 e. The van der Waals surface area contributed by atoms with Crippen LogP contribution < -0.4 is 5.32 Å². The standard InChI is InChI=1S/C17H22N2S/c1-13-3-2-4-14(9-13)10-15(12-19-16-5-6-16)11-17-18-7-8-20-17/h2-4,7-9,15-16,19H,5-6,10-12H2,1H3. The highest BCUT2D eigenvalue weighted by atomic mass is 32.1. The summed E-state index contributed by atoms with van der Waals surface area (Å²) in [6.07, 6.45) is 6.85. The molecular formula is C17H22N2S. The summed E-state index contributed by atoms with van der Waals surface area (Å²) < 4.78 is 0. The van der Waals surface area contributed by atoms with Crippen LogP contribution in [0.5, 0.6) is 0 Å². The number of nitrogens with zero attached hydrogens (tertiary/aromatic N) is 1. The Labute approximate surface area is 125 Å². The Balaban J connectivity index is 1.63. The number of hydrogen-bond acceptors (Lipinski definition) is 3. The lowest BCUT2D eigenvalue weighted by molar-refractivity contribution is 0.468. The van der Waals surface area contributed by atoms with Gasteiger partial charge in [-0.25, -0.2) is 4.98 Å². The van der Waals surface area contributed by atoms with Gasteiger partial charge in [-0.05, 0) is 44.2 Å². The first-order chi connectivity index (χ1) is 9.79. The first-order valence-electron chi connectivity index (χ1n) is 7.47. The number of nitrogens with one attached hydrogen (secondary N) is 1. The van der Waals surface area contributed by atoms with Crippen molar-refractivity contribution in [3.63, 3.8) is 0 Å². The quantitative estimate of drug-likeness (QED) is 0.841. The molecule has 0 saturated heterocycles. The van der Waals surface area contributed by atoms with Gasteiger partial charge in [-0.1, -0.05) is 29.8 Å². The van der Waals surface area contributed by atoms with Crippen molar-refractivity contribution in [3.05, 3.63) is 52.0 Å². The van der Waals surface area contributed by atoms with Crippen molar-refractivity contribution in [2.24, 2.45) is 5.92 Å². The maximum atomic E-state index is 4.45. The Morgan fingerprint density at radius 2 is 2.25 bits per heavy atom. The van der Waals surface area contributed by atoms with Crippen LogP contribution in [0.25, 0.3) is 0 Å². The molecular weight excluding hydrogens is 264 g/mol. The van der Waals surface area contributed by atoms with Crippen LogP contribution in [-0.2, 0) is 12.8 Å². The number of benzene rings is 1. The zero-order valence-electron chi connectivity index (χ0n) is 12.0. The molecule has 1 aliphatic rings. The van der Waals surface area contributed by atoms with Gasteiger partial charge in [0.25, 0.3) is 0 Å². The van der Waals surface area contributed by atoms with Gasteiger partial charge in [-0.3, -0.25) is 0 Å². The van der Waals surface area contributed by atoms with E-state index in [1.54, 1.807) is 11.3 Å². The van der Waals surface area contributed by atoms with Gasteiger partial charge in [0.1, 0.15) is 0 Å². The van der Waals surface area contributed by atoms with Crippen LogP contribution in [0.2, 0.25) is 0 Å². The van der Waals surface area contributed by atoms with Crippen LogP contribution in [0, 0.1) is 12.8 Å². The fourth-order valence-electron chi connectivity index (χ4n) is 2.61. The predicted octanol–water partition coefficient (Wildman–Crippen LogP) is 3.60. The van der Waals surface area contributed by atoms with Crippen molar-refractivity contribution in [3.8, 4) is 0 Å². The minimum atomic E-state index is 0.642. The van der Waals surface area contributed by atoms with Crippen LogP contribution in [0.4, 0.5) is 0 Å². The van der Waals surface area contributed by atoms with Gasteiger partial charge in [-0.2, -0.15) is 0 Å². The molecule has 1 aromatic heterocycles. The van der Waals surface area contributed by atoms with E-state index in [1.165, 1.54) is 29.0 Å². The number of hydrogen-bond donors (Lipinski definition) is 1. The highest BCUT2D eigenvalue weighted by molar-refractivity contribution is 7.09. The topological polar surface area (TPSA) is 24.9 Å². The molecule has 1 N–H and O–H groups in total. The van der Waals surface area contributed by atoms with Crippen LogP contribution in [0.3, 0.4) is 0 Å². The van der Waals surface area contributed by atoms with Crippen molar-refractivity contribution in [2.45, 2.75) is 38.6 Å². The van der Waals surface area contributed by atoms with Crippen molar-refractivity contribution < 1.29 is 0 Å². The lowest BCUT2D eigenvalue weighted by Gasteiger charge is -2.17. The molecule has 1 saturated carbocycles. The lowest BCUT2D eigenvalue weighted by Crippen LogP contribution is -2.27. The third-order valence-electron chi connectivity index (χ3n) is 3.83. The second kappa shape index (κ2) is 6.51. The van der Waals surface area contributed by atoms with Gasteiger partial charge in [0.15, 0.2) is 0 Å². The van der Waals surface area contributed by atoms with E-state index in [1.807, 2.05) is 6.20 Å². The molecule has 106 valence electrons. The molecule has 0 spiro atoms. The molecule has 0 radical (unpaired) electrons. The first kappa shape index (κ1) is 13.8. The van der Waals surface area contributed by atoms with E-state index < -0.39 is 0 Å². The third kappa shape index (κ3) is 4.15. The second-order valence-corrected chi connectivity index (χ2v) is 6.85. The fraction of sp³-hybridized carbons (Fsp3) is 0.471. The molecule has 2 aromatic rings. The maximum absolute atomic E-state index is 4.45. The molecule has 3 heteroatoms. The molecule has 0 aliphatic heterocycles. The molecule has 2 nitrogen and oxygen atoms in total. The van der Waals surface area contributed by atoms with Crippen molar-refractivity contribution in [1.29, 1.82) is 0 Å². The SMILES string of the molecule is Cc1cccc(CC(CNC2CC2)Cc2nccs2)c1. The summed E-state index contributed by atoms with van der Waals surface area (Å²) in [5.74, 6) is 0.642. The Bertz CT molecular complexity index is 532. The van der Waals surface area contributed by atoms with Crippen LogP contribution in [0.15, 0.2) is 35.8 Å². The van der Waals surface area contributed by atoms with Gasteiger partial charge < -0.3 is 5.32 Å². The minimum absolute atomic E-state index is 0.642. The summed E-state index contributed by atoms with van der Waals surface area (Å²) in [5.41, 5.74) is 2.80. The zero-order valence-corrected chi connectivity index (χ0v) is 12.8. The van der Waals surface area contributed by atoms with Crippen molar-refractivity contribution in [2.75, 3.05) is 6.54 Å². The molecule has 1 aromatic carbocycles. The van der Waals surface area contributed by atoms with E-state index in [0.29, 0.717) is 5.92 Å². The summed E-state index contributed by atoms with van der Waals surface area (Å²) in [6, 6.07) is 9.68. The summed E-state index contributed by atoms with van der Waals surface area (Å²) in [4.78, 5) is 4.45. The fourth-order valence-corrected chi connectivity index (χ4v) is 3.34. The molecule has 1 unspecified atom stereocenters. The molecule has 0 bridgehead atoms. The summed E-state index contributed by atoms with van der Waals surface area (Å²) in [6.45, 7) is 3.28. The Hall–Kier alpha value is -1.19. The van der Waals surface area contributed by atoms with Gasteiger partial charge in [0.05, 0.1) is 5.01 Å².